The number of carbonyl (C=O) groups is 2. The van der Waals surface area contributed by atoms with E-state index in [1.54, 1.807) is 0 Å². The molecule has 0 radical (unpaired) electrons. The van der Waals surface area contributed by atoms with E-state index in [0.29, 0.717) is 12.8 Å². The van der Waals surface area contributed by atoms with Crippen LogP contribution < -0.4 is 0 Å². The second-order valence-corrected chi connectivity index (χ2v) is 17.9. The molecule has 0 aromatic rings. The molecule has 0 aliphatic rings. The largest absolute Gasteiger partial charge is 0.472 e. The van der Waals surface area contributed by atoms with Crippen LogP contribution >= 0.6 is 7.82 Å². The van der Waals surface area contributed by atoms with Crippen LogP contribution in [-0.4, -0.2) is 65.7 Å². The summed E-state index contributed by atoms with van der Waals surface area (Å²) in [6.45, 7) is 2.40. The molecular weight excluding hydrogens is 755 g/mol. The Labute approximate surface area is 356 Å². The fraction of sp³-hybridized carbons (Fsp3) is 0.915. The Bertz CT molecular complexity index is 977. The van der Waals surface area contributed by atoms with E-state index in [2.05, 4.69) is 26.0 Å². The molecule has 11 heteroatoms. The number of rotatable bonds is 46. The Morgan fingerprint density at radius 1 is 0.500 bits per heavy atom. The van der Waals surface area contributed by atoms with E-state index >= 15 is 0 Å². The first-order valence-corrected chi connectivity index (χ1v) is 25.6. The minimum atomic E-state index is -4.61. The fourth-order valence-corrected chi connectivity index (χ4v) is 7.71. The monoisotopic (exact) mass is 847 g/mol. The lowest BCUT2D eigenvalue weighted by Gasteiger charge is -2.20. The summed E-state index contributed by atoms with van der Waals surface area (Å²) in [6.07, 6.45) is 43.2. The van der Waals surface area contributed by atoms with Crippen molar-refractivity contribution in [3.05, 3.63) is 12.2 Å². The van der Waals surface area contributed by atoms with Crippen molar-refractivity contribution < 1.29 is 47.8 Å². The van der Waals surface area contributed by atoms with Gasteiger partial charge in [0.2, 0.25) is 0 Å². The molecule has 58 heavy (non-hydrogen) atoms. The zero-order valence-electron chi connectivity index (χ0n) is 37.5. The summed E-state index contributed by atoms with van der Waals surface area (Å²) in [6, 6.07) is 0. The number of phosphoric ester groups is 1. The van der Waals surface area contributed by atoms with Crippen molar-refractivity contribution in [2.75, 3.05) is 26.4 Å². The maximum absolute atomic E-state index is 12.7. The third-order valence-electron chi connectivity index (χ3n) is 10.7. The number of aliphatic hydroxyl groups excluding tert-OH is 2. The highest BCUT2D eigenvalue weighted by Crippen LogP contribution is 2.43. The van der Waals surface area contributed by atoms with Crippen molar-refractivity contribution in [3.8, 4) is 0 Å². The maximum atomic E-state index is 12.7. The predicted octanol–water partition coefficient (Wildman–Crippen LogP) is 13.2. The van der Waals surface area contributed by atoms with Gasteiger partial charge in [-0.15, -0.1) is 0 Å². The number of aliphatic hydroxyl groups is 2. The predicted molar refractivity (Wildman–Crippen MR) is 238 cm³/mol. The van der Waals surface area contributed by atoms with Crippen molar-refractivity contribution >= 4 is 19.8 Å². The van der Waals surface area contributed by atoms with Gasteiger partial charge in [-0.2, -0.15) is 0 Å². The maximum Gasteiger partial charge on any atom is 0.472 e. The molecule has 3 N–H and O–H groups in total. The molecule has 0 aliphatic carbocycles. The molecule has 0 fully saturated rings. The Morgan fingerprint density at radius 3 is 1.29 bits per heavy atom. The van der Waals surface area contributed by atoms with E-state index in [9.17, 15) is 24.2 Å². The van der Waals surface area contributed by atoms with E-state index in [1.165, 1.54) is 161 Å². The lowest BCUT2D eigenvalue weighted by molar-refractivity contribution is -0.161. The van der Waals surface area contributed by atoms with Crippen molar-refractivity contribution in [1.29, 1.82) is 0 Å². The first kappa shape index (κ1) is 56.7. The summed E-state index contributed by atoms with van der Waals surface area (Å²) in [7, 11) is -4.61. The molecule has 0 heterocycles. The van der Waals surface area contributed by atoms with Crippen LogP contribution in [0.1, 0.15) is 239 Å². The molecule has 10 nitrogen and oxygen atoms in total. The van der Waals surface area contributed by atoms with E-state index in [-0.39, 0.29) is 19.4 Å². The average molecular weight is 847 g/mol. The number of carbonyl (C=O) groups excluding carboxylic acids is 2. The fourth-order valence-electron chi connectivity index (χ4n) is 6.92. The Balaban J connectivity index is 4.17. The van der Waals surface area contributed by atoms with Crippen LogP contribution in [-0.2, 0) is 32.7 Å². The van der Waals surface area contributed by atoms with Crippen LogP contribution in [0.2, 0.25) is 0 Å². The van der Waals surface area contributed by atoms with Crippen LogP contribution in [0, 0.1) is 0 Å². The van der Waals surface area contributed by atoms with Gasteiger partial charge in [0.1, 0.15) is 12.7 Å². The van der Waals surface area contributed by atoms with Crippen molar-refractivity contribution in [1.82, 2.24) is 0 Å². The molecule has 0 aliphatic heterocycles. The summed E-state index contributed by atoms with van der Waals surface area (Å²) < 4.78 is 32.8. The van der Waals surface area contributed by atoms with Crippen LogP contribution in [0.5, 0.6) is 0 Å². The zero-order chi connectivity index (χ0) is 42.6. The van der Waals surface area contributed by atoms with Gasteiger partial charge in [-0.3, -0.25) is 18.6 Å². The SMILES string of the molecule is CCCC/C=C/CCCCCCCCCCCC(=O)OC[C@H](COP(=O)(O)OC[C@@H](O)CO)OC(=O)CCCCCCCCCCCCCCCCCCCCCC. The van der Waals surface area contributed by atoms with Crippen molar-refractivity contribution in [2.24, 2.45) is 0 Å². The molecule has 0 bridgehead atoms. The van der Waals surface area contributed by atoms with Crippen molar-refractivity contribution in [2.45, 2.75) is 251 Å². The molecule has 0 rings (SSSR count). The number of unbranched alkanes of at least 4 members (excludes halogenated alkanes) is 30. The molecule has 1 unspecified atom stereocenters. The summed E-state index contributed by atoms with van der Waals surface area (Å²) in [5.74, 6) is -0.913. The number of hydrogen-bond donors (Lipinski definition) is 3. The van der Waals surface area contributed by atoms with E-state index in [1.807, 2.05) is 0 Å². The normalized spacial score (nSPS) is 13.8. The smallest absolute Gasteiger partial charge is 0.462 e. The topological polar surface area (TPSA) is 149 Å². The third-order valence-corrected chi connectivity index (χ3v) is 11.6. The van der Waals surface area contributed by atoms with Gasteiger partial charge < -0.3 is 24.6 Å². The Kier molecular flexibility index (Phi) is 42.8. The third kappa shape index (κ3) is 42.8. The quantitative estimate of drug-likeness (QED) is 0.0234. The van der Waals surface area contributed by atoms with E-state index < -0.39 is 51.8 Å². The summed E-state index contributed by atoms with van der Waals surface area (Å²) in [5.41, 5.74) is 0. The van der Waals surface area contributed by atoms with Gasteiger partial charge in [0.25, 0.3) is 0 Å². The molecule has 0 aromatic carbocycles. The Hall–Kier alpha value is -1.29. The van der Waals surface area contributed by atoms with Gasteiger partial charge in [0, 0.05) is 12.8 Å². The number of allylic oxidation sites excluding steroid dienone is 2. The minimum Gasteiger partial charge on any atom is -0.462 e. The van der Waals surface area contributed by atoms with Gasteiger partial charge in [-0.05, 0) is 32.1 Å². The summed E-state index contributed by atoms with van der Waals surface area (Å²) in [5, 5.41) is 18.4. The molecule has 3 atom stereocenters. The lowest BCUT2D eigenvalue weighted by Crippen LogP contribution is -2.29. The van der Waals surface area contributed by atoms with Gasteiger partial charge in [-0.1, -0.05) is 206 Å². The minimum absolute atomic E-state index is 0.190. The molecular formula is C47H91O10P. The number of esters is 2. The summed E-state index contributed by atoms with van der Waals surface area (Å²) in [4.78, 5) is 35.1. The van der Waals surface area contributed by atoms with E-state index in [0.717, 1.165) is 38.5 Å². The number of hydrogen-bond acceptors (Lipinski definition) is 9. The molecule has 344 valence electrons. The molecule has 0 saturated heterocycles. The van der Waals surface area contributed by atoms with Crippen LogP contribution in [0.15, 0.2) is 12.2 Å². The number of phosphoric acid groups is 1. The van der Waals surface area contributed by atoms with Crippen LogP contribution in [0.4, 0.5) is 0 Å². The zero-order valence-corrected chi connectivity index (χ0v) is 38.4. The van der Waals surface area contributed by atoms with Gasteiger partial charge in [0.05, 0.1) is 19.8 Å². The summed E-state index contributed by atoms with van der Waals surface area (Å²) >= 11 is 0. The average Bonchev–Trinajstić information content (AvgIpc) is 3.21. The van der Waals surface area contributed by atoms with Gasteiger partial charge >= 0.3 is 19.8 Å². The highest BCUT2D eigenvalue weighted by Gasteiger charge is 2.27. The van der Waals surface area contributed by atoms with Gasteiger partial charge in [0.15, 0.2) is 6.10 Å². The first-order valence-electron chi connectivity index (χ1n) is 24.1. The van der Waals surface area contributed by atoms with Crippen molar-refractivity contribution in [3.63, 3.8) is 0 Å². The standard InChI is InChI=1S/C47H91O10P/c1-3-5-7-9-11-13-15-17-19-20-21-22-23-25-27-29-31-33-35-37-39-47(51)57-45(43-56-58(52,53)55-41-44(49)40-48)42-54-46(50)38-36-34-32-30-28-26-24-18-16-14-12-10-8-6-4-2/h10,12,44-45,48-49H,3-9,11,13-43H2,1-2H3,(H,52,53)/b12-10+/t44-,45+/m0/s1. The lowest BCUT2D eigenvalue weighted by atomic mass is 10.0. The highest BCUT2D eigenvalue weighted by atomic mass is 31.2. The highest BCUT2D eigenvalue weighted by molar-refractivity contribution is 7.47. The molecule has 0 aromatic heterocycles. The molecule has 0 amide bonds. The first-order chi connectivity index (χ1) is 28.2. The van der Waals surface area contributed by atoms with Crippen LogP contribution in [0.3, 0.4) is 0 Å². The second kappa shape index (κ2) is 43.8. The molecule has 0 saturated carbocycles. The molecule has 0 spiro atoms. The Morgan fingerprint density at radius 2 is 0.862 bits per heavy atom. The van der Waals surface area contributed by atoms with Gasteiger partial charge in [-0.25, -0.2) is 4.57 Å². The second-order valence-electron chi connectivity index (χ2n) is 16.5. The van der Waals surface area contributed by atoms with Crippen LogP contribution in [0.25, 0.3) is 0 Å². The number of ether oxygens (including phenoxy) is 2. The van der Waals surface area contributed by atoms with E-state index in [4.69, 9.17) is 23.6 Å².